The quantitative estimate of drug-likeness (QED) is 0.751. The lowest BCUT2D eigenvalue weighted by Gasteiger charge is -2.38. The average molecular weight is 326 g/mol. The Balaban J connectivity index is 1.72. The van der Waals surface area contributed by atoms with E-state index < -0.39 is 0 Å². The van der Waals surface area contributed by atoms with Crippen LogP contribution in [0.3, 0.4) is 0 Å². The van der Waals surface area contributed by atoms with Crippen LogP contribution in [-0.4, -0.2) is 40.2 Å². The topological polar surface area (TPSA) is 87.1 Å². The van der Waals surface area contributed by atoms with Gasteiger partial charge in [-0.3, -0.25) is 9.78 Å². The van der Waals surface area contributed by atoms with E-state index in [0.717, 1.165) is 24.8 Å². The highest BCUT2D eigenvalue weighted by atomic mass is 16.3. The van der Waals surface area contributed by atoms with Crippen LogP contribution in [0.1, 0.15) is 28.8 Å². The van der Waals surface area contributed by atoms with Crippen LogP contribution in [0.5, 0.6) is 0 Å². The first-order chi connectivity index (χ1) is 11.7. The molecule has 1 saturated carbocycles. The lowest BCUT2D eigenvalue weighted by molar-refractivity contribution is 0.0239. The van der Waals surface area contributed by atoms with Gasteiger partial charge in [-0.2, -0.15) is 0 Å². The summed E-state index contributed by atoms with van der Waals surface area (Å²) in [7, 11) is 1.77. The van der Waals surface area contributed by atoms with Crippen LogP contribution < -0.4 is 10.6 Å². The number of carbonyl (C=O) groups is 1. The standard InChI is InChI=1S/C18H22N4O2/c1-19-17-11-13(4-7-21-17)18(24)22-16(14-9-15(23)10-14)8-12-2-5-20-6-3-12/h2-7,11,14-16,23H,8-10H2,1H3,(H,19,21)(H,22,24). The number of nitrogens with zero attached hydrogens (tertiary/aromatic N) is 2. The molecule has 24 heavy (non-hydrogen) atoms. The van der Waals surface area contributed by atoms with E-state index in [0.29, 0.717) is 17.3 Å². The first-order valence-electron chi connectivity index (χ1n) is 8.17. The summed E-state index contributed by atoms with van der Waals surface area (Å²) in [6.07, 6.45) is 7.07. The highest BCUT2D eigenvalue weighted by Gasteiger charge is 2.34. The van der Waals surface area contributed by atoms with Gasteiger partial charge in [0.1, 0.15) is 5.82 Å². The maximum atomic E-state index is 12.6. The SMILES string of the molecule is CNc1cc(C(=O)NC(Cc2ccncc2)C2CC(O)C2)ccn1. The van der Waals surface area contributed by atoms with E-state index in [2.05, 4.69) is 20.6 Å². The third-order valence-electron chi connectivity index (χ3n) is 4.52. The van der Waals surface area contributed by atoms with Gasteiger partial charge >= 0.3 is 0 Å². The molecule has 1 amide bonds. The van der Waals surface area contributed by atoms with Crippen LogP contribution >= 0.6 is 0 Å². The van der Waals surface area contributed by atoms with Crippen molar-refractivity contribution in [3.8, 4) is 0 Å². The number of hydrogen-bond donors (Lipinski definition) is 3. The number of pyridine rings is 2. The molecule has 0 bridgehead atoms. The van der Waals surface area contributed by atoms with Crippen molar-refractivity contribution < 1.29 is 9.90 Å². The second-order valence-corrected chi connectivity index (χ2v) is 6.20. The molecule has 1 fully saturated rings. The molecule has 1 aliphatic rings. The van der Waals surface area contributed by atoms with Gasteiger partial charge in [0.05, 0.1) is 6.10 Å². The molecule has 1 unspecified atom stereocenters. The Labute approximate surface area is 141 Å². The smallest absolute Gasteiger partial charge is 0.251 e. The van der Waals surface area contributed by atoms with Crippen molar-refractivity contribution in [2.45, 2.75) is 31.4 Å². The van der Waals surface area contributed by atoms with Crippen molar-refractivity contribution in [1.29, 1.82) is 0 Å². The number of carbonyl (C=O) groups excluding carboxylic acids is 1. The van der Waals surface area contributed by atoms with Crippen molar-refractivity contribution in [2.24, 2.45) is 5.92 Å². The number of aliphatic hydroxyl groups is 1. The zero-order valence-electron chi connectivity index (χ0n) is 13.6. The lowest BCUT2D eigenvalue weighted by atomic mass is 9.75. The summed E-state index contributed by atoms with van der Waals surface area (Å²) in [4.78, 5) is 20.8. The highest BCUT2D eigenvalue weighted by Crippen LogP contribution is 2.31. The Morgan fingerprint density at radius 1 is 1.29 bits per heavy atom. The van der Waals surface area contributed by atoms with E-state index in [-0.39, 0.29) is 18.1 Å². The maximum Gasteiger partial charge on any atom is 0.251 e. The molecule has 0 radical (unpaired) electrons. The molecule has 0 aromatic carbocycles. The number of amides is 1. The van der Waals surface area contributed by atoms with E-state index in [4.69, 9.17) is 0 Å². The Morgan fingerprint density at radius 3 is 2.71 bits per heavy atom. The van der Waals surface area contributed by atoms with Gasteiger partial charge < -0.3 is 15.7 Å². The Hall–Kier alpha value is -2.47. The van der Waals surface area contributed by atoms with Gasteiger partial charge in [-0.25, -0.2) is 4.98 Å². The van der Waals surface area contributed by atoms with Gasteiger partial charge in [-0.05, 0) is 55.0 Å². The predicted octanol–water partition coefficient (Wildman–Crippen LogP) is 1.63. The van der Waals surface area contributed by atoms with E-state index in [1.54, 1.807) is 37.8 Å². The third kappa shape index (κ3) is 3.89. The van der Waals surface area contributed by atoms with Gasteiger partial charge in [-0.1, -0.05) is 0 Å². The molecule has 6 heteroatoms. The molecule has 1 aliphatic carbocycles. The molecule has 2 heterocycles. The van der Waals surface area contributed by atoms with Gasteiger partial charge in [0.15, 0.2) is 0 Å². The van der Waals surface area contributed by atoms with Gasteiger partial charge in [-0.15, -0.1) is 0 Å². The molecule has 3 N–H and O–H groups in total. The minimum Gasteiger partial charge on any atom is -0.393 e. The largest absolute Gasteiger partial charge is 0.393 e. The summed E-state index contributed by atoms with van der Waals surface area (Å²) in [5, 5.41) is 15.7. The van der Waals surface area contributed by atoms with Crippen molar-refractivity contribution >= 4 is 11.7 Å². The summed E-state index contributed by atoms with van der Waals surface area (Å²) < 4.78 is 0. The second-order valence-electron chi connectivity index (χ2n) is 6.20. The fourth-order valence-corrected chi connectivity index (χ4v) is 3.03. The van der Waals surface area contributed by atoms with E-state index in [1.807, 2.05) is 12.1 Å². The number of anilines is 1. The van der Waals surface area contributed by atoms with E-state index >= 15 is 0 Å². The zero-order chi connectivity index (χ0) is 16.9. The fourth-order valence-electron chi connectivity index (χ4n) is 3.03. The minimum atomic E-state index is -0.247. The number of aromatic nitrogens is 2. The molecular formula is C18H22N4O2. The van der Waals surface area contributed by atoms with E-state index in [9.17, 15) is 9.90 Å². The van der Waals surface area contributed by atoms with Crippen molar-refractivity contribution in [2.75, 3.05) is 12.4 Å². The predicted molar refractivity (Wildman–Crippen MR) is 91.7 cm³/mol. The fraction of sp³-hybridized carbons (Fsp3) is 0.389. The highest BCUT2D eigenvalue weighted by molar-refractivity contribution is 5.95. The first kappa shape index (κ1) is 16.4. The van der Waals surface area contributed by atoms with Gasteiger partial charge in [0.2, 0.25) is 0 Å². The molecule has 6 nitrogen and oxygen atoms in total. The van der Waals surface area contributed by atoms with Crippen LogP contribution in [0.15, 0.2) is 42.9 Å². The van der Waals surface area contributed by atoms with Crippen LogP contribution in [0.2, 0.25) is 0 Å². The molecule has 3 rings (SSSR count). The van der Waals surface area contributed by atoms with Crippen molar-refractivity contribution in [3.63, 3.8) is 0 Å². The Kier molecular flexibility index (Phi) is 5.05. The Morgan fingerprint density at radius 2 is 2.04 bits per heavy atom. The van der Waals surface area contributed by atoms with Crippen LogP contribution in [0.4, 0.5) is 5.82 Å². The lowest BCUT2D eigenvalue weighted by Crippen LogP contribution is -2.48. The number of rotatable bonds is 6. The van der Waals surface area contributed by atoms with Crippen molar-refractivity contribution in [3.05, 3.63) is 54.0 Å². The summed E-state index contributed by atoms with van der Waals surface area (Å²) in [5.41, 5.74) is 1.70. The first-order valence-corrected chi connectivity index (χ1v) is 8.17. The summed E-state index contributed by atoms with van der Waals surface area (Å²) >= 11 is 0. The molecule has 2 aromatic heterocycles. The molecule has 0 spiro atoms. The third-order valence-corrected chi connectivity index (χ3v) is 4.52. The molecule has 2 aromatic rings. The van der Waals surface area contributed by atoms with Crippen molar-refractivity contribution in [1.82, 2.24) is 15.3 Å². The Bertz CT molecular complexity index is 686. The second kappa shape index (κ2) is 7.40. The number of nitrogens with one attached hydrogen (secondary N) is 2. The molecular weight excluding hydrogens is 304 g/mol. The van der Waals surface area contributed by atoms with Crippen LogP contribution in [0.25, 0.3) is 0 Å². The summed E-state index contributed by atoms with van der Waals surface area (Å²) in [5.74, 6) is 0.837. The molecule has 126 valence electrons. The van der Waals surface area contributed by atoms with Gasteiger partial charge in [0, 0.05) is 37.2 Å². The zero-order valence-corrected chi connectivity index (χ0v) is 13.6. The van der Waals surface area contributed by atoms with Crippen LogP contribution in [-0.2, 0) is 6.42 Å². The van der Waals surface area contributed by atoms with Gasteiger partial charge in [0.25, 0.3) is 5.91 Å². The summed E-state index contributed by atoms with van der Waals surface area (Å²) in [6, 6.07) is 7.35. The number of hydrogen-bond acceptors (Lipinski definition) is 5. The molecule has 0 saturated heterocycles. The summed E-state index contributed by atoms with van der Waals surface area (Å²) in [6.45, 7) is 0. The number of aliphatic hydroxyl groups excluding tert-OH is 1. The average Bonchev–Trinajstić information content (AvgIpc) is 2.59. The normalized spacial score (nSPS) is 20.8. The maximum absolute atomic E-state index is 12.6. The molecule has 0 aliphatic heterocycles. The minimum absolute atomic E-state index is 0.00509. The monoisotopic (exact) mass is 326 g/mol. The van der Waals surface area contributed by atoms with E-state index in [1.165, 1.54) is 0 Å². The van der Waals surface area contributed by atoms with Crippen LogP contribution in [0, 0.1) is 5.92 Å². The molecule has 1 atom stereocenters.